The first kappa shape index (κ1) is 19.4. The molecular formula is C21H29N3O3. The van der Waals surface area contributed by atoms with Crippen LogP contribution in [0.5, 0.6) is 0 Å². The van der Waals surface area contributed by atoms with Crippen molar-refractivity contribution < 1.29 is 14.7 Å². The molecule has 2 heterocycles. The van der Waals surface area contributed by atoms with Crippen molar-refractivity contribution in [2.45, 2.75) is 51.5 Å². The lowest BCUT2D eigenvalue weighted by atomic mass is 9.84. The Morgan fingerprint density at radius 2 is 1.78 bits per heavy atom. The number of nitrogens with one attached hydrogen (secondary N) is 3. The maximum atomic E-state index is 12.6. The fourth-order valence-electron chi connectivity index (χ4n) is 4.35. The minimum Gasteiger partial charge on any atom is -0.511 e. The zero-order valence-corrected chi connectivity index (χ0v) is 14.8. The summed E-state index contributed by atoms with van der Waals surface area (Å²) in [6, 6.07) is 7.71. The minimum atomic E-state index is -0.559. The minimum absolute atomic E-state index is 0. The average molecular weight is 371 g/mol. The number of fused-ring (bicyclic) bond motifs is 1. The highest BCUT2D eigenvalue weighted by atomic mass is 16.3. The van der Waals surface area contributed by atoms with E-state index in [-0.39, 0.29) is 30.7 Å². The molecule has 1 unspecified atom stereocenters. The fraction of sp³-hybridized carbons (Fsp3) is 0.524. The van der Waals surface area contributed by atoms with E-state index in [9.17, 15) is 14.7 Å². The second-order valence-corrected chi connectivity index (χ2v) is 7.52. The van der Waals surface area contributed by atoms with Gasteiger partial charge in [-0.15, -0.1) is 0 Å². The summed E-state index contributed by atoms with van der Waals surface area (Å²) in [7, 11) is 0. The Morgan fingerprint density at radius 1 is 1.07 bits per heavy atom. The first-order valence-electron chi connectivity index (χ1n) is 9.49. The fourth-order valence-corrected chi connectivity index (χ4v) is 4.35. The topological polar surface area (TPSA) is 90.5 Å². The number of carbonyl (C=O) groups is 2. The summed E-state index contributed by atoms with van der Waals surface area (Å²) in [4.78, 5) is 24.8. The maximum absolute atomic E-state index is 12.6. The van der Waals surface area contributed by atoms with Gasteiger partial charge in [-0.1, -0.05) is 38.8 Å². The van der Waals surface area contributed by atoms with Gasteiger partial charge in [0.1, 0.15) is 11.3 Å². The van der Waals surface area contributed by atoms with Crippen LogP contribution < -0.4 is 16.0 Å². The highest BCUT2D eigenvalue weighted by Crippen LogP contribution is 2.33. The number of amides is 2. The lowest BCUT2D eigenvalue weighted by Crippen LogP contribution is -2.48. The van der Waals surface area contributed by atoms with Crippen molar-refractivity contribution in [1.82, 2.24) is 10.6 Å². The van der Waals surface area contributed by atoms with Crippen LogP contribution in [0.3, 0.4) is 0 Å². The molecule has 27 heavy (non-hydrogen) atoms. The van der Waals surface area contributed by atoms with Gasteiger partial charge in [0.15, 0.2) is 0 Å². The normalized spacial score (nSPS) is 25.4. The third-order valence-corrected chi connectivity index (χ3v) is 5.84. The van der Waals surface area contributed by atoms with E-state index in [1.54, 1.807) is 0 Å². The van der Waals surface area contributed by atoms with Gasteiger partial charge in [0.2, 0.25) is 0 Å². The number of aliphatic hydroxyl groups is 1. The van der Waals surface area contributed by atoms with E-state index in [1.165, 1.54) is 37.7 Å². The highest BCUT2D eigenvalue weighted by Gasteiger charge is 2.41. The molecule has 1 saturated heterocycles. The first-order chi connectivity index (χ1) is 12.6. The van der Waals surface area contributed by atoms with E-state index >= 15 is 0 Å². The summed E-state index contributed by atoms with van der Waals surface area (Å²) in [5, 5.41) is 19.1. The van der Waals surface area contributed by atoms with Gasteiger partial charge in [0.25, 0.3) is 11.8 Å². The molecule has 4 rings (SSSR count). The molecule has 146 valence electrons. The largest absolute Gasteiger partial charge is 0.511 e. The molecule has 0 aromatic heterocycles. The van der Waals surface area contributed by atoms with Gasteiger partial charge in [-0.2, -0.15) is 0 Å². The molecule has 2 amide bonds. The summed E-state index contributed by atoms with van der Waals surface area (Å²) >= 11 is 0. The van der Waals surface area contributed by atoms with Gasteiger partial charge in [-0.25, -0.2) is 0 Å². The monoisotopic (exact) mass is 371 g/mol. The molecule has 2 fully saturated rings. The standard InChI is InChI=1S/C20H25N3O3.CH4/c24-18-15-10-21-11-16(15)23-20(26)17(18)19(25)22-14-8-6-13(7-9-14)12-4-2-1-3-5-12;/h6-9,12,15-16,21,24H,1-5,10-11H2,(H,22,25)(H,23,26);1H4/t15-,16?;/m0./s1. The number of benzene rings is 1. The number of rotatable bonds is 3. The molecule has 0 radical (unpaired) electrons. The van der Waals surface area contributed by atoms with Gasteiger partial charge >= 0.3 is 0 Å². The molecule has 0 spiro atoms. The van der Waals surface area contributed by atoms with Gasteiger partial charge < -0.3 is 21.1 Å². The molecule has 3 aliphatic rings. The van der Waals surface area contributed by atoms with Crippen LogP contribution in [0, 0.1) is 5.92 Å². The van der Waals surface area contributed by atoms with Crippen molar-refractivity contribution in [2.24, 2.45) is 5.92 Å². The molecule has 2 atom stereocenters. The summed E-state index contributed by atoms with van der Waals surface area (Å²) < 4.78 is 0. The number of carbonyl (C=O) groups excluding carboxylic acids is 2. The van der Waals surface area contributed by atoms with E-state index in [0.717, 1.165) is 0 Å². The van der Waals surface area contributed by atoms with Gasteiger partial charge in [-0.05, 0) is 36.5 Å². The van der Waals surface area contributed by atoms with Crippen molar-refractivity contribution >= 4 is 17.5 Å². The van der Waals surface area contributed by atoms with Crippen LogP contribution in [0.4, 0.5) is 5.69 Å². The van der Waals surface area contributed by atoms with Crippen LogP contribution in [-0.2, 0) is 9.59 Å². The predicted molar refractivity (Wildman–Crippen MR) is 106 cm³/mol. The lowest BCUT2D eigenvalue weighted by Gasteiger charge is -2.26. The third-order valence-electron chi connectivity index (χ3n) is 5.84. The average Bonchev–Trinajstić information content (AvgIpc) is 3.12. The van der Waals surface area contributed by atoms with Crippen LogP contribution in [0.2, 0.25) is 0 Å². The zero-order chi connectivity index (χ0) is 18.1. The Labute approximate surface area is 160 Å². The first-order valence-corrected chi connectivity index (χ1v) is 9.49. The van der Waals surface area contributed by atoms with Crippen molar-refractivity contribution in [3.63, 3.8) is 0 Å². The van der Waals surface area contributed by atoms with Crippen LogP contribution >= 0.6 is 0 Å². The third kappa shape index (κ3) is 3.86. The van der Waals surface area contributed by atoms with E-state index in [1.807, 2.05) is 12.1 Å². The number of hydrogen-bond acceptors (Lipinski definition) is 4. The molecule has 0 bridgehead atoms. The van der Waals surface area contributed by atoms with E-state index in [2.05, 4.69) is 28.1 Å². The molecule has 1 aliphatic carbocycles. The highest BCUT2D eigenvalue weighted by molar-refractivity contribution is 6.23. The van der Waals surface area contributed by atoms with Crippen LogP contribution in [0.25, 0.3) is 0 Å². The van der Waals surface area contributed by atoms with Crippen molar-refractivity contribution in [2.75, 3.05) is 18.4 Å². The second kappa shape index (κ2) is 8.13. The van der Waals surface area contributed by atoms with Crippen molar-refractivity contribution in [3.8, 4) is 0 Å². The molecule has 6 nitrogen and oxygen atoms in total. The zero-order valence-electron chi connectivity index (χ0n) is 14.8. The lowest BCUT2D eigenvalue weighted by molar-refractivity contribution is -0.123. The number of hydrogen-bond donors (Lipinski definition) is 4. The Balaban J connectivity index is 0.00000210. The van der Waals surface area contributed by atoms with E-state index in [0.29, 0.717) is 24.7 Å². The van der Waals surface area contributed by atoms with Gasteiger partial charge in [0, 0.05) is 18.8 Å². The van der Waals surface area contributed by atoms with Gasteiger partial charge in [-0.3, -0.25) is 9.59 Å². The predicted octanol–water partition coefficient (Wildman–Crippen LogP) is 2.84. The van der Waals surface area contributed by atoms with Crippen molar-refractivity contribution in [3.05, 3.63) is 41.2 Å². The molecule has 1 aromatic rings. The Kier molecular flexibility index (Phi) is 5.85. The molecular weight excluding hydrogens is 342 g/mol. The summed E-state index contributed by atoms with van der Waals surface area (Å²) in [5.41, 5.74) is 1.76. The number of anilines is 1. The van der Waals surface area contributed by atoms with Crippen LogP contribution in [-0.4, -0.2) is 36.1 Å². The summed E-state index contributed by atoms with van der Waals surface area (Å²) in [6.45, 7) is 1.17. The maximum Gasteiger partial charge on any atom is 0.264 e. The SMILES string of the molecule is C.O=C(Nc1ccc(C2CCCCC2)cc1)C1=C(O)[C@H]2CNCC2NC1=O. The second-order valence-electron chi connectivity index (χ2n) is 7.52. The van der Waals surface area contributed by atoms with Gasteiger partial charge in [0.05, 0.1) is 12.0 Å². The van der Waals surface area contributed by atoms with E-state index < -0.39 is 11.8 Å². The number of aliphatic hydroxyl groups excluding tert-OH is 1. The smallest absolute Gasteiger partial charge is 0.264 e. The van der Waals surface area contributed by atoms with Crippen LogP contribution in [0.15, 0.2) is 35.6 Å². The quantitative estimate of drug-likeness (QED) is 0.615. The molecule has 1 saturated carbocycles. The Hall–Kier alpha value is -2.34. The van der Waals surface area contributed by atoms with Crippen molar-refractivity contribution in [1.29, 1.82) is 0 Å². The molecule has 4 N–H and O–H groups in total. The Morgan fingerprint density at radius 3 is 2.48 bits per heavy atom. The molecule has 6 heteroatoms. The van der Waals surface area contributed by atoms with Crippen LogP contribution in [0.1, 0.15) is 51.0 Å². The summed E-state index contributed by atoms with van der Waals surface area (Å²) in [5.74, 6) is -0.807. The molecule has 1 aromatic carbocycles. The molecule has 2 aliphatic heterocycles. The summed E-state index contributed by atoms with van der Waals surface area (Å²) in [6.07, 6.45) is 6.33. The van der Waals surface area contributed by atoms with E-state index in [4.69, 9.17) is 0 Å². The Bertz CT molecular complexity index is 736.